The van der Waals surface area contributed by atoms with Crippen molar-refractivity contribution in [2.45, 2.75) is 23.7 Å². The molecule has 0 aromatic heterocycles. The van der Waals surface area contributed by atoms with E-state index >= 15 is 0 Å². The second kappa shape index (κ2) is 12.9. The molecule has 0 N–H and O–H groups in total. The molecule has 196 valence electrons. The van der Waals surface area contributed by atoms with Gasteiger partial charge < -0.3 is 18.9 Å². The highest BCUT2D eigenvalue weighted by molar-refractivity contribution is 7.85. The SMILES string of the molecule is C=CC[S@@](=O)[C@H]1OC[C@@H](OC(=O)c2ccccc2)[C@H](OC(=O)c2ccccc2)[C@H]1OC(=O)c1ccccc1. The van der Waals surface area contributed by atoms with Crippen molar-refractivity contribution >= 4 is 28.7 Å². The van der Waals surface area contributed by atoms with Crippen LogP contribution < -0.4 is 0 Å². The van der Waals surface area contributed by atoms with Crippen LogP contribution >= 0.6 is 0 Å². The number of carbonyl (C=O) groups is 3. The van der Waals surface area contributed by atoms with E-state index in [4.69, 9.17) is 18.9 Å². The molecule has 3 aromatic rings. The molecule has 0 unspecified atom stereocenters. The lowest BCUT2D eigenvalue weighted by molar-refractivity contribution is -0.168. The van der Waals surface area contributed by atoms with Crippen LogP contribution in [0.3, 0.4) is 0 Å². The van der Waals surface area contributed by atoms with E-state index in [0.29, 0.717) is 0 Å². The van der Waals surface area contributed by atoms with Crippen molar-refractivity contribution in [1.29, 1.82) is 0 Å². The van der Waals surface area contributed by atoms with Gasteiger partial charge in [0.15, 0.2) is 23.7 Å². The lowest BCUT2D eigenvalue weighted by atomic mass is 10.0. The maximum atomic E-state index is 13.1. The molecule has 1 fully saturated rings. The van der Waals surface area contributed by atoms with Gasteiger partial charge in [0.25, 0.3) is 0 Å². The van der Waals surface area contributed by atoms with Crippen LogP contribution in [0.4, 0.5) is 0 Å². The summed E-state index contributed by atoms with van der Waals surface area (Å²) in [5.41, 5.74) is -0.418. The summed E-state index contributed by atoms with van der Waals surface area (Å²) in [6.45, 7) is 3.38. The van der Waals surface area contributed by atoms with Gasteiger partial charge in [-0.25, -0.2) is 14.4 Å². The molecule has 0 aliphatic carbocycles. The smallest absolute Gasteiger partial charge is 0.338 e. The third-order valence-corrected chi connectivity index (χ3v) is 7.18. The quantitative estimate of drug-likeness (QED) is 0.231. The molecule has 1 aliphatic heterocycles. The van der Waals surface area contributed by atoms with E-state index in [2.05, 4.69) is 6.58 Å². The molecule has 0 saturated carbocycles. The van der Waals surface area contributed by atoms with Crippen LogP contribution in [0.25, 0.3) is 0 Å². The predicted octanol–water partition coefficient (Wildman–Crippen LogP) is 3.95. The number of esters is 3. The van der Waals surface area contributed by atoms with Gasteiger partial charge in [-0.15, -0.1) is 6.58 Å². The molecule has 0 spiro atoms. The molecule has 0 bridgehead atoms. The van der Waals surface area contributed by atoms with Crippen LogP contribution in [-0.4, -0.2) is 58.2 Å². The molecule has 8 nitrogen and oxygen atoms in total. The minimum Gasteiger partial charge on any atom is -0.452 e. The lowest BCUT2D eigenvalue weighted by Gasteiger charge is -2.40. The number of hydrogen-bond donors (Lipinski definition) is 0. The highest BCUT2D eigenvalue weighted by Crippen LogP contribution is 2.28. The van der Waals surface area contributed by atoms with Gasteiger partial charge in [-0.1, -0.05) is 60.7 Å². The van der Waals surface area contributed by atoms with Crippen molar-refractivity contribution in [2.24, 2.45) is 0 Å². The lowest BCUT2D eigenvalue weighted by Crippen LogP contribution is -2.59. The predicted molar refractivity (Wildman–Crippen MR) is 140 cm³/mol. The van der Waals surface area contributed by atoms with Crippen LogP contribution in [0.15, 0.2) is 104 Å². The summed E-state index contributed by atoms with van der Waals surface area (Å²) in [6, 6.07) is 24.7. The van der Waals surface area contributed by atoms with E-state index < -0.39 is 52.5 Å². The second-order valence-electron chi connectivity index (χ2n) is 8.32. The van der Waals surface area contributed by atoms with E-state index in [1.165, 1.54) is 6.08 Å². The third kappa shape index (κ3) is 6.62. The van der Waals surface area contributed by atoms with Gasteiger partial charge in [0.1, 0.15) is 0 Å². The van der Waals surface area contributed by atoms with E-state index in [0.717, 1.165) is 0 Å². The number of ether oxygens (including phenoxy) is 4. The fourth-order valence-electron chi connectivity index (χ4n) is 3.86. The Balaban J connectivity index is 1.68. The summed E-state index contributed by atoms with van der Waals surface area (Å²) in [6.07, 6.45) is -2.36. The topological polar surface area (TPSA) is 105 Å². The van der Waals surface area contributed by atoms with Crippen LogP contribution in [0.2, 0.25) is 0 Å². The Morgan fingerprint density at radius 3 is 1.61 bits per heavy atom. The summed E-state index contributed by atoms with van der Waals surface area (Å²) >= 11 is 0. The zero-order valence-electron chi connectivity index (χ0n) is 20.3. The summed E-state index contributed by atoms with van der Waals surface area (Å²) in [4.78, 5) is 39.0. The summed E-state index contributed by atoms with van der Waals surface area (Å²) in [7, 11) is -1.70. The van der Waals surface area contributed by atoms with Gasteiger partial charge in [0.05, 0.1) is 34.1 Å². The molecule has 38 heavy (non-hydrogen) atoms. The van der Waals surface area contributed by atoms with Gasteiger partial charge in [-0.3, -0.25) is 4.21 Å². The average Bonchev–Trinajstić information content (AvgIpc) is 2.96. The molecule has 0 amide bonds. The minimum atomic E-state index is -1.70. The normalized spacial score (nSPS) is 21.5. The fraction of sp³-hybridized carbons (Fsp3) is 0.207. The van der Waals surface area contributed by atoms with Gasteiger partial charge in [-0.2, -0.15) is 0 Å². The first-order valence-corrected chi connectivity index (χ1v) is 13.2. The Labute approximate surface area is 222 Å². The van der Waals surface area contributed by atoms with Gasteiger partial charge >= 0.3 is 17.9 Å². The Kier molecular flexibility index (Phi) is 9.18. The third-order valence-electron chi connectivity index (χ3n) is 5.70. The number of hydrogen-bond acceptors (Lipinski definition) is 8. The summed E-state index contributed by atoms with van der Waals surface area (Å²) in [5.74, 6) is -2.11. The highest BCUT2D eigenvalue weighted by Gasteiger charge is 2.49. The molecular formula is C29H26O8S. The maximum Gasteiger partial charge on any atom is 0.338 e. The van der Waals surface area contributed by atoms with E-state index in [-0.39, 0.29) is 29.1 Å². The van der Waals surface area contributed by atoms with Crippen molar-refractivity contribution in [1.82, 2.24) is 0 Å². The molecule has 1 heterocycles. The molecule has 4 rings (SSSR count). The summed E-state index contributed by atoms with van der Waals surface area (Å²) < 4.78 is 36.1. The van der Waals surface area contributed by atoms with Gasteiger partial charge in [-0.05, 0) is 36.4 Å². The number of benzene rings is 3. The zero-order chi connectivity index (χ0) is 26.9. The molecule has 1 saturated heterocycles. The molecular weight excluding hydrogens is 508 g/mol. The van der Waals surface area contributed by atoms with Crippen molar-refractivity contribution in [3.8, 4) is 0 Å². The number of rotatable bonds is 9. The van der Waals surface area contributed by atoms with E-state index in [1.54, 1.807) is 91.0 Å². The Morgan fingerprint density at radius 2 is 1.16 bits per heavy atom. The maximum absolute atomic E-state index is 13.1. The van der Waals surface area contributed by atoms with Crippen LogP contribution in [0.1, 0.15) is 31.1 Å². The van der Waals surface area contributed by atoms with Crippen molar-refractivity contribution < 1.29 is 37.5 Å². The van der Waals surface area contributed by atoms with Crippen LogP contribution in [-0.2, 0) is 29.7 Å². The highest BCUT2D eigenvalue weighted by atomic mass is 32.2. The van der Waals surface area contributed by atoms with E-state index in [9.17, 15) is 18.6 Å². The van der Waals surface area contributed by atoms with Crippen molar-refractivity contribution in [3.05, 3.63) is 120 Å². The molecule has 3 aromatic carbocycles. The molecule has 5 atom stereocenters. The summed E-state index contributed by atoms with van der Waals surface area (Å²) in [5, 5.41) is 0. The Bertz CT molecular complexity index is 1280. The van der Waals surface area contributed by atoms with Crippen molar-refractivity contribution in [3.63, 3.8) is 0 Å². The van der Waals surface area contributed by atoms with Crippen LogP contribution in [0, 0.1) is 0 Å². The molecule has 9 heteroatoms. The second-order valence-corrected chi connectivity index (χ2v) is 9.88. The molecule has 1 aliphatic rings. The molecule has 0 radical (unpaired) electrons. The van der Waals surface area contributed by atoms with Crippen LogP contribution in [0.5, 0.6) is 0 Å². The van der Waals surface area contributed by atoms with E-state index in [1.807, 2.05) is 0 Å². The zero-order valence-corrected chi connectivity index (χ0v) is 21.2. The standard InChI is InChI=1S/C29H26O8S/c1-2-18-38(33)29-25(37-28(32)22-16-10-5-11-17-22)24(36-27(31)21-14-8-4-9-15-21)23(19-34-29)35-26(30)20-12-6-3-7-13-20/h2-17,23-25,29H,1,18-19H2/t23-,24+,25-,29-,38-/m1/s1. The minimum absolute atomic E-state index is 0.0396. The van der Waals surface area contributed by atoms with Crippen molar-refractivity contribution in [2.75, 3.05) is 12.4 Å². The first-order valence-electron chi connectivity index (χ1n) is 11.9. The first-order chi connectivity index (χ1) is 18.5. The Hall–Kier alpha value is -4.08. The monoisotopic (exact) mass is 534 g/mol. The number of carbonyl (C=O) groups excluding carboxylic acids is 3. The first kappa shape index (κ1) is 27.0. The fourth-order valence-corrected chi connectivity index (χ4v) is 5.02. The Morgan fingerprint density at radius 1 is 0.737 bits per heavy atom. The largest absolute Gasteiger partial charge is 0.452 e. The average molecular weight is 535 g/mol. The van der Waals surface area contributed by atoms with Gasteiger partial charge in [0, 0.05) is 5.75 Å². The van der Waals surface area contributed by atoms with Gasteiger partial charge in [0.2, 0.25) is 0 Å².